The van der Waals surface area contributed by atoms with Crippen molar-refractivity contribution in [1.82, 2.24) is 5.32 Å². The average Bonchev–Trinajstić information content (AvgIpc) is 2.35. The summed E-state index contributed by atoms with van der Waals surface area (Å²) in [7, 11) is 0. The lowest BCUT2D eigenvalue weighted by atomic mass is 9.87. The Balaban J connectivity index is 2.00. The average molecular weight is 260 g/mol. The van der Waals surface area contributed by atoms with Crippen LogP contribution < -0.4 is 5.32 Å². The normalized spacial score (nSPS) is 18.9. The number of hydrogen-bond donors (Lipinski definition) is 1. The molecule has 0 bridgehead atoms. The number of hydrogen-bond acceptors (Lipinski definition) is 1. The fourth-order valence-electron chi connectivity index (χ4n) is 2.48. The molecule has 1 N–H and O–H groups in total. The molecule has 0 aromatic carbocycles. The number of carbonyl (C=O) groups excluding carboxylic acids is 1. The van der Waals surface area contributed by atoms with E-state index in [4.69, 9.17) is 11.6 Å². The van der Waals surface area contributed by atoms with Crippen LogP contribution in [-0.2, 0) is 4.79 Å². The fourth-order valence-corrected chi connectivity index (χ4v) is 2.64. The molecular weight excluding hydrogens is 234 g/mol. The van der Waals surface area contributed by atoms with Crippen LogP contribution in [0.1, 0.15) is 58.3 Å². The molecule has 1 atom stereocenters. The van der Waals surface area contributed by atoms with Crippen molar-refractivity contribution in [1.29, 1.82) is 0 Å². The Morgan fingerprint density at radius 2 is 2.06 bits per heavy atom. The minimum absolute atomic E-state index is 0.246. The van der Waals surface area contributed by atoms with E-state index in [2.05, 4.69) is 12.2 Å². The van der Waals surface area contributed by atoms with Gasteiger partial charge in [0.25, 0.3) is 0 Å². The summed E-state index contributed by atoms with van der Waals surface area (Å²) in [5, 5.41) is 3.03. The molecule has 0 saturated heterocycles. The van der Waals surface area contributed by atoms with Gasteiger partial charge >= 0.3 is 0 Å². The fraction of sp³-hybridized carbons (Fsp3) is 0.929. The van der Waals surface area contributed by atoms with Crippen molar-refractivity contribution in [3.05, 3.63) is 0 Å². The van der Waals surface area contributed by atoms with Crippen LogP contribution in [0.3, 0.4) is 0 Å². The first-order valence-electron chi connectivity index (χ1n) is 7.05. The maximum atomic E-state index is 11.7. The first kappa shape index (κ1) is 14.8. The van der Waals surface area contributed by atoms with Crippen LogP contribution in [0.5, 0.6) is 0 Å². The third-order valence-electron chi connectivity index (χ3n) is 3.66. The van der Waals surface area contributed by atoms with Gasteiger partial charge in [-0.3, -0.25) is 4.79 Å². The molecule has 17 heavy (non-hydrogen) atoms. The largest absolute Gasteiger partial charge is 0.356 e. The summed E-state index contributed by atoms with van der Waals surface area (Å²) >= 11 is 5.73. The van der Waals surface area contributed by atoms with Gasteiger partial charge in [-0.15, -0.1) is 11.6 Å². The molecule has 1 aliphatic rings. The highest BCUT2D eigenvalue weighted by Gasteiger charge is 2.16. The van der Waals surface area contributed by atoms with Gasteiger partial charge in [-0.1, -0.05) is 26.2 Å². The monoisotopic (exact) mass is 259 g/mol. The minimum atomic E-state index is 0.246. The van der Waals surface area contributed by atoms with Gasteiger partial charge in [0.05, 0.1) is 0 Å². The van der Waals surface area contributed by atoms with Gasteiger partial charge in [0.1, 0.15) is 0 Å². The van der Waals surface area contributed by atoms with Crippen molar-refractivity contribution in [2.24, 2.45) is 11.8 Å². The molecule has 1 unspecified atom stereocenters. The third kappa shape index (κ3) is 6.92. The van der Waals surface area contributed by atoms with E-state index in [1.54, 1.807) is 0 Å². The Labute approximate surface area is 110 Å². The standard InChI is InChI=1S/C14H26ClNO/c1-12(11-15)6-5-9-16-14(17)10-13-7-3-2-4-8-13/h12-13H,2-11H2,1H3,(H,16,17). The highest BCUT2D eigenvalue weighted by molar-refractivity contribution is 6.18. The van der Waals surface area contributed by atoms with Crippen LogP contribution >= 0.6 is 11.6 Å². The maximum absolute atomic E-state index is 11.7. The highest BCUT2D eigenvalue weighted by atomic mass is 35.5. The smallest absolute Gasteiger partial charge is 0.220 e. The number of alkyl halides is 1. The summed E-state index contributed by atoms with van der Waals surface area (Å²) in [6, 6.07) is 0. The van der Waals surface area contributed by atoms with Gasteiger partial charge < -0.3 is 5.32 Å². The van der Waals surface area contributed by atoms with Crippen molar-refractivity contribution < 1.29 is 4.79 Å². The molecule has 0 aliphatic heterocycles. The molecule has 1 amide bonds. The molecule has 3 heteroatoms. The lowest BCUT2D eigenvalue weighted by molar-refractivity contribution is -0.122. The van der Waals surface area contributed by atoms with Crippen molar-refractivity contribution in [2.45, 2.75) is 58.3 Å². The van der Waals surface area contributed by atoms with Gasteiger partial charge in [-0.05, 0) is 37.5 Å². The zero-order valence-corrected chi connectivity index (χ0v) is 11.8. The Hall–Kier alpha value is -0.240. The second-order valence-electron chi connectivity index (χ2n) is 5.46. The van der Waals surface area contributed by atoms with Crippen LogP contribution in [0.25, 0.3) is 0 Å². The second kappa shape index (κ2) is 8.79. The van der Waals surface area contributed by atoms with Gasteiger partial charge in [0.15, 0.2) is 0 Å². The van der Waals surface area contributed by atoms with E-state index in [1.807, 2.05) is 0 Å². The van der Waals surface area contributed by atoms with Crippen LogP contribution in [-0.4, -0.2) is 18.3 Å². The van der Waals surface area contributed by atoms with Gasteiger partial charge in [-0.25, -0.2) is 0 Å². The molecule has 1 rings (SSSR count). The molecule has 0 heterocycles. The molecule has 0 spiro atoms. The van der Waals surface area contributed by atoms with Gasteiger partial charge in [-0.2, -0.15) is 0 Å². The van der Waals surface area contributed by atoms with Crippen LogP contribution in [0.15, 0.2) is 0 Å². The molecule has 1 fully saturated rings. The van der Waals surface area contributed by atoms with Crippen molar-refractivity contribution in [3.63, 3.8) is 0 Å². The number of nitrogens with one attached hydrogen (secondary N) is 1. The minimum Gasteiger partial charge on any atom is -0.356 e. The van der Waals surface area contributed by atoms with Crippen molar-refractivity contribution in [2.75, 3.05) is 12.4 Å². The Morgan fingerprint density at radius 3 is 2.71 bits per heavy atom. The maximum Gasteiger partial charge on any atom is 0.220 e. The van der Waals surface area contributed by atoms with Crippen LogP contribution in [0.4, 0.5) is 0 Å². The highest BCUT2D eigenvalue weighted by Crippen LogP contribution is 2.25. The molecule has 1 saturated carbocycles. The summed E-state index contributed by atoms with van der Waals surface area (Å²) in [5.74, 6) is 2.17. The molecule has 1 aliphatic carbocycles. The zero-order chi connectivity index (χ0) is 12.5. The summed E-state index contributed by atoms with van der Waals surface area (Å²) in [5.41, 5.74) is 0. The number of halogens is 1. The van der Waals surface area contributed by atoms with Gasteiger partial charge in [0, 0.05) is 18.8 Å². The first-order chi connectivity index (χ1) is 8.22. The molecule has 0 aromatic rings. The number of rotatable bonds is 7. The SMILES string of the molecule is CC(CCl)CCCNC(=O)CC1CCCCC1. The second-order valence-corrected chi connectivity index (χ2v) is 5.77. The Kier molecular flexibility index (Phi) is 7.67. The quantitative estimate of drug-likeness (QED) is 0.548. The molecule has 2 nitrogen and oxygen atoms in total. The van der Waals surface area contributed by atoms with E-state index in [0.29, 0.717) is 11.8 Å². The van der Waals surface area contributed by atoms with E-state index >= 15 is 0 Å². The Morgan fingerprint density at radius 1 is 1.35 bits per heavy atom. The Bertz CT molecular complexity index is 214. The van der Waals surface area contributed by atoms with Crippen LogP contribution in [0, 0.1) is 11.8 Å². The van der Waals surface area contributed by atoms with E-state index in [-0.39, 0.29) is 5.91 Å². The molecule has 0 radical (unpaired) electrons. The summed E-state index contributed by atoms with van der Waals surface area (Å²) in [6.45, 7) is 2.96. The third-order valence-corrected chi connectivity index (χ3v) is 4.18. The number of carbonyl (C=O) groups is 1. The van der Waals surface area contributed by atoms with E-state index < -0.39 is 0 Å². The van der Waals surface area contributed by atoms with E-state index in [1.165, 1.54) is 32.1 Å². The summed E-state index contributed by atoms with van der Waals surface area (Å²) in [6.07, 6.45) is 9.36. The lowest BCUT2D eigenvalue weighted by Crippen LogP contribution is -2.27. The van der Waals surface area contributed by atoms with Crippen LogP contribution in [0.2, 0.25) is 0 Å². The first-order valence-corrected chi connectivity index (χ1v) is 7.58. The number of amides is 1. The van der Waals surface area contributed by atoms with E-state index in [9.17, 15) is 4.79 Å². The lowest BCUT2D eigenvalue weighted by Gasteiger charge is -2.20. The summed E-state index contributed by atoms with van der Waals surface area (Å²) < 4.78 is 0. The molecular formula is C14H26ClNO. The zero-order valence-electron chi connectivity index (χ0n) is 11.0. The van der Waals surface area contributed by atoms with Gasteiger partial charge in [0.2, 0.25) is 5.91 Å². The molecule has 100 valence electrons. The van der Waals surface area contributed by atoms with Crippen molar-refractivity contribution in [3.8, 4) is 0 Å². The van der Waals surface area contributed by atoms with E-state index in [0.717, 1.165) is 31.7 Å². The summed E-state index contributed by atoms with van der Waals surface area (Å²) in [4.78, 5) is 11.7. The molecule has 0 aromatic heterocycles. The topological polar surface area (TPSA) is 29.1 Å². The van der Waals surface area contributed by atoms with Crippen molar-refractivity contribution >= 4 is 17.5 Å². The predicted octanol–water partition coefficient (Wildman–Crippen LogP) is 3.73. The predicted molar refractivity (Wildman–Crippen MR) is 73.3 cm³/mol.